The number of hydrogen-bond donors (Lipinski definition) is 0. The van der Waals surface area contributed by atoms with Gasteiger partial charge >= 0.3 is 0 Å². The summed E-state index contributed by atoms with van der Waals surface area (Å²) < 4.78 is 7.31. The highest BCUT2D eigenvalue weighted by Crippen LogP contribution is 2.19. The minimum atomic E-state index is 0.256. The van der Waals surface area contributed by atoms with Crippen LogP contribution in [0.3, 0.4) is 0 Å². The highest BCUT2D eigenvalue weighted by Gasteiger charge is 2.27. The van der Waals surface area contributed by atoms with E-state index in [1.165, 1.54) is 12.8 Å². The number of carbonyl (C=O) groups is 1. The summed E-state index contributed by atoms with van der Waals surface area (Å²) in [6, 6.07) is 0.465. The third-order valence-corrected chi connectivity index (χ3v) is 4.82. The van der Waals surface area contributed by atoms with Crippen LogP contribution in [-0.2, 0) is 16.1 Å². The summed E-state index contributed by atoms with van der Waals surface area (Å²) in [6.07, 6.45) is 2.97. The minimum Gasteiger partial charge on any atom is -0.378 e. The standard InChI is InChI=1S/C16H27N5O2/c1-13-17-14(2)21(18-13)12-15-4-3-6-19(15)7-5-16(22)20-8-10-23-11-9-20/h15H,3-12H2,1-2H3. The topological polar surface area (TPSA) is 63.5 Å². The fraction of sp³-hybridized carbons (Fsp3) is 0.812. The second-order valence-corrected chi connectivity index (χ2v) is 6.46. The highest BCUT2D eigenvalue weighted by molar-refractivity contribution is 5.76. The number of amides is 1. The average Bonchev–Trinajstić information content (AvgIpc) is 3.12. The molecule has 2 aliphatic rings. The Hall–Kier alpha value is -1.47. The fourth-order valence-corrected chi connectivity index (χ4v) is 3.54. The molecule has 1 atom stereocenters. The summed E-state index contributed by atoms with van der Waals surface area (Å²) in [5, 5.41) is 4.47. The van der Waals surface area contributed by atoms with Crippen LogP contribution in [0.1, 0.15) is 30.9 Å². The van der Waals surface area contributed by atoms with Gasteiger partial charge in [-0.2, -0.15) is 5.10 Å². The molecule has 0 aliphatic carbocycles. The smallest absolute Gasteiger partial charge is 0.224 e. The Morgan fingerprint density at radius 2 is 2.04 bits per heavy atom. The van der Waals surface area contributed by atoms with Crippen LogP contribution in [-0.4, -0.2) is 75.9 Å². The van der Waals surface area contributed by atoms with E-state index in [2.05, 4.69) is 15.0 Å². The van der Waals surface area contributed by atoms with Crippen LogP contribution in [0, 0.1) is 13.8 Å². The number of likely N-dealkylation sites (tertiary alicyclic amines) is 1. The van der Waals surface area contributed by atoms with Crippen LogP contribution in [0.15, 0.2) is 0 Å². The number of morpholine rings is 1. The third-order valence-electron chi connectivity index (χ3n) is 4.82. The number of aromatic nitrogens is 3. The zero-order valence-corrected chi connectivity index (χ0v) is 14.2. The lowest BCUT2D eigenvalue weighted by Gasteiger charge is -2.29. The molecule has 1 unspecified atom stereocenters. The van der Waals surface area contributed by atoms with Gasteiger partial charge in [0.25, 0.3) is 0 Å². The summed E-state index contributed by atoms with van der Waals surface area (Å²) >= 11 is 0. The van der Waals surface area contributed by atoms with Crippen LogP contribution in [0.4, 0.5) is 0 Å². The molecule has 2 saturated heterocycles. The molecular weight excluding hydrogens is 294 g/mol. The summed E-state index contributed by atoms with van der Waals surface area (Å²) in [7, 11) is 0. The molecule has 7 nitrogen and oxygen atoms in total. The van der Waals surface area contributed by atoms with Crippen molar-refractivity contribution in [3.05, 3.63) is 11.6 Å². The predicted molar refractivity (Wildman–Crippen MR) is 86.1 cm³/mol. The molecule has 0 N–H and O–H groups in total. The molecule has 1 amide bonds. The lowest BCUT2D eigenvalue weighted by atomic mass is 10.2. The summed E-state index contributed by atoms with van der Waals surface area (Å²) in [5.74, 6) is 2.06. The molecule has 0 radical (unpaired) electrons. The van der Waals surface area contributed by atoms with Crippen molar-refractivity contribution in [1.29, 1.82) is 0 Å². The Balaban J connectivity index is 1.50. The summed E-state index contributed by atoms with van der Waals surface area (Å²) in [5.41, 5.74) is 0. The molecule has 1 aromatic heterocycles. The van der Waals surface area contributed by atoms with Gasteiger partial charge in [0.1, 0.15) is 11.6 Å². The first kappa shape index (κ1) is 16.4. The number of nitrogens with zero attached hydrogens (tertiary/aromatic N) is 5. The van der Waals surface area contributed by atoms with Gasteiger partial charge in [-0.25, -0.2) is 9.67 Å². The van der Waals surface area contributed by atoms with E-state index in [0.717, 1.165) is 44.4 Å². The van der Waals surface area contributed by atoms with Crippen molar-refractivity contribution in [2.45, 2.75) is 45.7 Å². The van der Waals surface area contributed by atoms with Gasteiger partial charge in [0, 0.05) is 32.1 Å². The average molecular weight is 321 g/mol. The largest absolute Gasteiger partial charge is 0.378 e. The Morgan fingerprint density at radius 1 is 1.26 bits per heavy atom. The molecule has 2 aliphatic heterocycles. The molecule has 0 spiro atoms. The number of carbonyl (C=O) groups excluding carboxylic acids is 1. The second kappa shape index (κ2) is 7.40. The number of rotatable bonds is 5. The van der Waals surface area contributed by atoms with Crippen LogP contribution >= 0.6 is 0 Å². The van der Waals surface area contributed by atoms with E-state index in [1.807, 2.05) is 23.4 Å². The number of ether oxygens (including phenoxy) is 1. The van der Waals surface area contributed by atoms with Gasteiger partial charge in [0.05, 0.1) is 19.8 Å². The van der Waals surface area contributed by atoms with Gasteiger partial charge in [0.15, 0.2) is 0 Å². The zero-order valence-electron chi connectivity index (χ0n) is 14.2. The van der Waals surface area contributed by atoms with E-state index in [9.17, 15) is 4.79 Å². The molecule has 3 rings (SSSR count). The predicted octanol–water partition coefficient (Wildman–Crippen LogP) is 0.608. The van der Waals surface area contributed by atoms with E-state index >= 15 is 0 Å². The van der Waals surface area contributed by atoms with Gasteiger partial charge < -0.3 is 9.64 Å². The van der Waals surface area contributed by atoms with E-state index in [1.54, 1.807) is 0 Å². The molecule has 7 heteroatoms. The highest BCUT2D eigenvalue weighted by atomic mass is 16.5. The van der Waals surface area contributed by atoms with Gasteiger partial charge in [-0.3, -0.25) is 9.69 Å². The summed E-state index contributed by atoms with van der Waals surface area (Å²) in [4.78, 5) is 21.0. The van der Waals surface area contributed by atoms with E-state index < -0.39 is 0 Å². The number of hydrogen-bond acceptors (Lipinski definition) is 5. The van der Waals surface area contributed by atoms with Crippen molar-refractivity contribution in [3.8, 4) is 0 Å². The first-order chi connectivity index (χ1) is 11.1. The van der Waals surface area contributed by atoms with Crippen LogP contribution in [0.5, 0.6) is 0 Å². The molecule has 0 saturated carbocycles. The Bertz CT molecular complexity index is 539. The molecule has 0 aromatic carbocycles. The maximum Gasteiger partial charge on any atom is 0.224 e. The molecular formula is C16H27N5O2. The molecule has 0 bridgehead atoms. The lowest BCUT2D eigenvalue weighted by Crippen LogP contribution is -2.42. The van der Waals surface area contributed by atoms with Crippen molar-refractivity contribution in [3.63, 3.8) is 0 Å². The molecule has 23 heavy (non-hydrogen) atoms. The van der Waals surface area contributed by atoms with Crippen molar-refractivity contribution in [2.75, 3.05) is 39.4 Å². The van der Waals surface area contributed by atoms with Crippen LogP contribution in [0.2, 0.25) is 0 Å². The SMILES string of the molecule is Cc1nc(C)n(CC2CCCN2CCC(=O)N2CCOCC2)n1. The van der Waals surface area contributed by atoms with Gasteiger partial charge in [-0.1, -0.05) is 0 Å². The first-order valence-electron chi connectivity index (χ1n) is 8.61. The molecule has 3 heterocycles. The Morgan fingerprint density at radius 3 is 2.74 bits per heavy atom. The van der Waals surface area contributed by atoms with E-state index in [0.29, 0.717) is 25.7 Å². The lowest BCUT2D eigenvalue weighted by molar-refractivity contribution is -0.135. The van der Waals surface area contributed by atoms with Crippen molar-refractivity contribution >= 4 is 5.91 Å². The van der Waals surface area contributed by atoms with Crippen LogP contribution < -0.4 is 0 Å². The molecule has 1 aromatic rings. The van der Waals surface area contributed by atoms with E-state index in [4.69, 9.17) is 4.74 Å². The normalized spacial score (nSPS) is 22.7. The van der Waals surface area contributed by atoms with Gasteiger partial charge in [0.2, 0.25) is 5.91 Å². The number of aryl methyl sites for hydroxylation is 2. The third kappa shape index (κ3) is 4.09. The maximum absolute atomic E-state index is 12.3. The van der Waals surface area contributed by atoms with Crippen molar-refractivity contribution in [2.24, 2.45) is 0 Å². The fourth-order valence-electron chi connectivity index (χ4n) is 3.54. The van der Waals surface area contributed by atoms with Crippen LogP contribution in [0.25, 0.3) is 0 Å². The first-order valence-corrected chi connectivity index (χ1v) is 8.61. The zero-order chi connectivity index (χ0) is 16.2. The molecule has 128 valence electrons. The Labute approximate surface area is 137 Å². The quantitative estimate of drug-likeness (QED) is 0.795. The Kier molecular flexibility index (Phi) is 5.27. The monoisotopic (exact) mass is 321 g/mol. The van der Waals surface area contributed by atoms with Crippen molar-refractivity contribution in [1.82, 2.24) is 24.6 Å². The van der Waals surface area contributed by atoms with Gasteiger partial charge in [-0.05, 0) is 33.2 Å². The summed E-state index contributed by atoms with van der Waals surface area (Å²) in [6.45, 7) is 9.53. The minimum absolute atomic E-state index is 0.256. The van der Waals surface area contributed by atoms with Gasteiger partial charge in [-0.15, -0.1) is 0 Å². The maximum atomic E-state index is 12.3. The molecule has 2 fully saturated rings. The second-order valence-electron chi connectivity index (χ2n) is 6.46. The van der Waals surface area contributed by atoms with E-state index in [-0.39, 0.29) is 5.91 Å². The van der Waals surface area contributed by atoms with Crippen molar-refractivity contribution < 1.29 is 9.53 Å².